The van der Waals surface area contributed by atoms with E-state index in [-0.39, 0.29) is 5.91 Å². The lowest BCUT2D eigenvalue weighted by atomic mass is 10.3. The van der Waals surface area contributed by atoms with Crippen molar-refractivity contribution >= 4 is 45.9 Å². The van der Waals surface area contributed by atoms with Crippen molar-refractivity contribution in [3.63, 3.8) is 0 Å². The number of nitrogens with one attached hydrogen (secondary N) is 1. The standard InChI is InChI=1S/C17H22IN5O2S/c1-2-23-15(11-22-7-9-25-10-8-22)20-21-17(23)26-12-16(24)19-14-5-3-13(18)4-6-14/h3-6H,2,7-12H2,1H3,(H,19,24). The number of nitrogens with zero attached hydrogens (tertiary/aromatic N) is 4. The van der Waals surface area contributed by atoms with E-state index in [2.05, 4.69) is 54.5 Å². The third kappa shape index (κ3) is 5.41. The predicted molar refractivity (Wildman–Crippen MR) is 110 cm³/mol. The Balaban J connectivity index is 1.55. The first-order chi connectivity index (χ1) is 12.7. The summed E-state index contributed by atoms with van der Waals surface area (Å²) in [6.07, 6.45) is 0. The summed E-state index contributed by atoms with van der Waals surface area (Å²) in [6, 6.07) is 7.74. The van der Waals surface area contributed by atoms with Crippen LogP contribution in [0.1, 0.15) is 12.7 Å². The van der Waals surface area contributed by atoms with Gasteiger partial charge in [0, 0.05) is 28.9 Å². The van der Waals surface area contributed by atoms with Gasteiger partial charge in [0.25, 0.3) is 0 Å². The molecule has 1 N–H and O–H groups in total. The molecule has 140 valence electrons. The summed E-state index contributed by atoms with van der Waals surface area (Å²) in [4.78, 5) is 14.5. The largest absolute Gasteiger partial charge is 0.379 e. The van der Waals surface area contributed by atoms with Gasteiger partial charge in [0.1, 0.15) is 5.82 Å². The minimum Gasteiger partial charge on any atom is -0.379 e. The zero-order chi connectivity index (χ0) is 18.4. The molecule has 9 heteroatoms. The molecule has 2 aromatic rings. The average molecular weight is 487 g/mol. The van der Waals surface area contributed by atoms with E-state index in [0.29, 0.717) is 5.75 Å². The van der Waals surface area contributed by atoms with Crippen molar-refractivity contribution < 1.29 is 9.53 Å². The number of morpholine rings is 1. The summed E-state index contributed by atoms with van der Waals surface area (Å²) in [5.41, 5.74) is 0.806. The maximum atomic E-state index is 12.2. The van der Waals surface area contributed by atoms with Crippen LogP contribution in [0.5, 0.6) is 0 Å². The fourth-order valence-electron chi connectivity index (χ4n) is 2.68. The summed E-state index contributed by atoms with van der Waals surface area (Å²) >= 11 is 3.66. The van der Waals surface area contributed by atoms with Crippen LogP contribution in [0, 0.1) is 3.57 Å². The van der Waals surface area contributed by atoms with Crippen LogP contribution in [0.3, 0.4) is 0 Å². The molecule has 1 aromatic heterocycles. The number of thioether (sulfide) groups is 1. The van der Waals surface area contributed by atoms with Crippen molar-refractivity contribution in [1.29, 1.82) is 0 Å². The highest BCUT2D eigenvalue weighted by Crippen LogP contribution is 2.19. The number of hydrogen-bond donors (Lipinski definition) is 1. The van der Waals surface area contributed by atoms with Crippen LogP contribution >= 0.6 is 34.4 Å². The molecule has 26 heavy (non-hydrogen) atoms. The van der Waals surface area contributed by atoms with E-state index >= 15 is 0 Å². The summed E-state index contributed by atoms with van der Waals surface area (Å²) < 4.78 is 8.61. The van der Waals surface area contributed by atoms with Gasteiger partial charge >= 0.3 is 0 Å². The molecule has 7 nitrogen and oxygen atoms in total. The van der Waals surface area contributed by atoms with Gasteiger partial charge in [0.15, 0.2) is 5.16 Å². The molecule has 2 heterocycles. The number of carbonyl (C=O) groups excluding carboxylic acids is 1. The maximum absolute atomic E-state index is 12.2. The summed E-state index contributed by atoms with van der Waals surface area (Å²) in [6.45, 7) is 6.98. The molecular formula is C17H22IN5O2S. The molecule has 1 aliphatic heterocycles. The molecule has 0 unspecified atom stereocenters. The number of rotatable bonds is 7. The van der Waals surface area contributed by atoms with Crippen molar-refractivity contribution in [1.82, 2.24) is 19.7 Å². The van der Waals surface area contributed by atoms with Crippen molar-refractivity contribution in [3.05, 3.63) is 33.7 Å². The molecule has 1 saturated heterocycles. The van der Waals surface area contributed by atoms with Crippen molar-refractivity contribution in [2.45, 2.75) is 25.2 Å². The van der Waals surface area contributed by atoms with Gasteiger partial charge in [-0.25, -0.2) is 0 Å². The molecule has 0 aliphatic carbocycles. The lowest BCUT2D eigenvalue weighted by Crippen LogP contribution is -2.36. The zero-order valence-corrected chi connectivity index (χ0v) is 17.6. The second-order valence-electron chi connectivity index (χ2n) is 5.88. The Morgan fingerprint density at radius 2 is 2.00 bits per heavy atom. The molecule has 0 radical (unpaired) electrons. The molecule has 0 bridgehead atoms. The fraction of sp³-hybridized carbons (Fsp3) is 0.471. The van der Waals surface area contributed by atoms with Gasteiger partial charge in [-0.15, -0.1) is 10.2 Å². The molecule has 1 amide bonds. The summed E-state index contributed by atoms with van der Waals surface area (Å²) in [5, 5.41) is 12.3. The lowest BCUT2D eigenvalue weighted by molar-refractivity contribution is -0.113. The van der Waals surface area contributed by atoms with Crippen LogP contribution in [-0.4, -0.2) is 57.6 Å². The molecule has 0 atom stereocenters. The van der Waals surface area contributed by atoms with Gasteiger partial charge in [-0.2, -0.15) is 0 Å². The first-order valence-corrected chi connectivity index (χ1v) is 10.6. The third-order valence-electron chi connectivity index (χ3n) is 4.04. The number of hydrogen-bond acceptors (Lipinski definition) is 6. The smallest absolute Gasteiger partial charge is 0.234 e. The van der Waals surface area contributed by atoms with E-state index in [9.17, 15) is 4.79 Å². The zero-order valence-electron chi connectivity index (χ0n) is 14.7. The quantitative estimate of drug-likeness (QED) is 0.478. The van der Waals surface area contributed by atoms with Crippen molar-refractivity contribution in [2.75, 3.05) is 37.4 Å². The SMILES string of the molecule is CCn1c(CN2CCOCC2)nnc1SCC(=O)Nc1ccc(I)cc1. The molecular weight excluding hydrogens is 465 g/mol. The number of halogens is 1. The molecule has 0 saturated carbocycles. The molecule has 1 aromatic carbocycles. The minimum absolute atomic E-state index is 0.0448. The first-order valence-electron chi connectivity index (χ1n) is 8.56. The van der Waals surface area contributed by atoms with E-state index in [0.717, 1.165) is 59.6 Å². The van der Waals surface area contributed by atoms with Crippen LogP contribution < -0.4 is 5.32 Å². The lowest BCUT2D eigenvalue weighted by Gasteiger charge is -2.26. The Bertz CT molecular complexity index is 731. The van der Waals surface area contributed by atoms with E-state index < -0.39 is 0 Å². The Labute approximate surface area is 171 Å². The van der Waals surface area contributed by atoms with E-state index in [4.69, 9.17) is 4.74 Å². The highest BCUT2D eigenvalue weighted by Gasteiger charge is 2.17. The van der Waals surface area contributed by atoms with Crippen LogP contribution in [0.2, 0.25) is 0 Å². The van der Waals surface area contributed by atoms with Gasteiger partial charge in [-0.05, 0) is 53.8 Å². The Morgan fingerprint density at radius 1 is 1.27 bits per heavy atom. The van der Waals surface area contributed by atoms with Crippen LogP contribution in [0.15, 0.2) is 29.4 Å². The van der Waals surface area contributed by atoms with Crippen LogP contribution in [0.25, 0.3) is 0 Å². The third-order valence-corrected chi connectivity index (χ3v) is 5.72. The molecule has 1 fully saturated rings. The normalized spacial score (nSPS) is 15.2. The number of ether oxygens (including phenoxy) is 1. The first kappa shape index (κ1) is 19.6. The monoisotopic (exact) mass is 487 g/mol. The van der Waals surface area contributed by atoms with Crippen LogP contribution in [0.4, 0.5) is 5.69 Å². The van der Waals surface area contributed by atoms with Crippen molar-refractivity contribution in [2.24, 2.45) is 0 Å². The van der Waals surface area contributed by atoms with E-state index in [1.54, 1.807) is 0 Å². The van der Waals surface area contributed by atoms with Gasteiger partial charge in [-0.1, -0.05) is 11.8 Å². The highest BCUT2D eigenvalue weighted by molar-refractivity contribution is 14.1. The predicted octanol–water partition coefficient (Wildman–Crippen LogP) is 2.47. The second-order valence-corrected chi connectivity index (χ2v) is 8.06. The number of anilines is 1. The Hall–Kier alpha value is -1.17. The number of benzene rings is 1. The fourth-order valence-corrected chi connectivity index (χ4v) is 3.86. The van der Waals surface area contributed by atoms with Gasteiger partial charge in [0.2, 0.25) is 5.91 Å². The van der Waals surface area contributed by atoms with Crippen LogP contribution in [-0.2, 0) is 22.6 Å². The highest BCUT2D eigenvalue weighted by atomic mass is 127. The maximum Gasteiger partial charge on any atom is 0.234 e. The summed E-state index contributed by atoms with van der Waals surface area (Å²) in [5.74, 6) is 1.20. The second kappa shape index (κ2) is 9.67. The van der Waals surface area contributed by atoms with E-state index in [1.165, 1.54) is 11.8 Å². The molecule has 0 spiro atoms. The number of carbonyl (C=O) groups is 1. The van der Waals surface area contributed by atoms with Gasteiger partial charge in [0.05, 0.1) is 25.5 Å². The van der Waals surface area contributed by atoms with Crippen molar-refractivity contribution in [3.8, 4) is 0 Å². The molecule has 3 rings (SSSR count). The molecule has 1 aliphatic rings. The van der Waals surface area contributed by atoms with Gasteiger partial charge < -0.3 is 14.6 Å². The van der Waals surface area contributed by atoms with E-state index in [1.807, 2.05) is 24.3 Å². The summed E-state index contributed by atoms with van der Waals surface area (Å²) in [7, 11) is 0. The number of aromatic nitrogens is 3. The van der Waals surface area contributed by atoms with Gasteiger partial charge in [-0.3, -0.25) is 9.69 Å². The Kier molecular flexibility index (Phi) is 7.29. The minimum atomic E-state index is -0.0448. The topological polar surface area (TPSA) is 72.3 Å². The average Bonchev–Trinajstić information content (AvgIpc) is 3.04. The Morgan fingerprint density at radius 3 is 2.69 bits per heavy atom. The number of amides is 1.